The number of nitrogens with one attached hydrogen (secondary N) is 1. The average molecular weight is 198 g/mol. The van der Waals surface area contributed by atoms with Gasteiger partial charge in [0.1, 0.15) is 0 Å². The van der Waals surface area contributed by atoms with Crippen molar-refractivity contribution >= 4 is 6.01 Å². The zero-order chi connectivity index (χ0) is 9.80. The summed E-state index contributed by atoms with van der Waals surface area (Å²) < 4.78 is 10.5. The van der Waals surface area contributed by atoms with E-state index in [0.717, 1.165) is 13.0 Å². The van der Waals surface area contributed by atoms with Crippen LogP contribution in [0.25, 0.3) is 0 Å². The van der Waals surface area contributed by atoms with Gasteiger partial charge in [0.2, 0.25) is 5.89 Å². The Kier molecular flexibility index (Phi) is 2.95. The van der Waals surface area contributed by atoms with Gasteiger partial charge in [-0.05, 0) is 6.42 Å². The van der Waals surface area contributed by atoms with Crippen LogP contribution in [0.15, 0.2) is 4.42 Å². The molecular formula is C8H14N4O2. The first-order chi connectivity index (χ1) is 6.88. The molecule has 0 spiro atoms. The van der Waals surface area contributed by atoms with Crippen LogP contribution in [0.3, 0.4) is 0 Å². The minimum absolute atomic E-state index is 0.293. The molecule has 1 aliphatic heterocycles. The molecule has 0 aliphatic carbocycles. The Morgan fingerprint density at radius 3 is 3.14 bits per heavy atom. The molecule has 3 N–H and O–H groups in total. The van der Waals surface area contributed by atoms with Crippen molar-refractivity contribution in [1.29, 1.82) is 0 Å². The first kappa shape index (κ1) is 9.42. The highest BCUT2D eigenvalue weighted by molar-refractivity contribution is 5.19. The molecule has 1 atom stereocenters. The largest absolute Gasteiger partial charge is 0.408 e. The van der Waals surface area contributed by atoms with Crippen molar-refractivity contribution in [3.05, 3.63) is 5.89 Å². The zero-order valence-electron chi connectivity index (χ0n) is 7.90. The molecule has 1 saturated heterocycles. The molecule has 0 radical (unpaired) electrons. The maximum absolute atomic E-state index is 5.37. The molecule has 2 rings (SSSR count). The summed E-state index contributed by atoms with van der Waals surface area (Å²) in [5.41, 5.74) is 5.37. The Morgan fingerprint density at radius 1 is 1.50 bits per heavy atom. The molecular weight excluding hydrogens is 184 g/mol. The minimum Gasteiger partial charge on any atom is -0.408 e. The summed E-state index contributed by atoms with van der Waals surface area (Å²) in [5, 5.41) is 10.8. The summed E-state index contributed by atoms with van der Waals surface area (Å²) in [4.78, 5) is 0. The lowest BCUT2D eigenvalue weighted by Gasteiger charge is -2.05. The Morgan fingerprint density at radius 2 is 2.43 bits per heavy atom. The fourth-order valence-corrected chi connectivity index (χ4v) is 1.36. The molecule has 0 bridgehead atoms. The van der Waals surface area contributed by atoms with Gasteiger partial charge in [-0.2, -0.15) is 0 Å². The Hall–Kier alpha value is -1.14. The monoisotopic (exact) mass is 198 g/mol. The number of hydrogen-bond acceptors (Lipinski definition) is 6. The molecule has 1 aromatic rings. The summed E-state index contributed by atoms with van der Waals surface area (Å²) in [6.07, 6.45) is 1.60. The van der Waals surface area contributed by atoms with E-state index in [-0.39, 0.29) is 0 Å². The third-order valence-electron chi connectivity index (χ3n) is 2.08. The van der Waals surface area contributed by atoms with Gasteiger partial charge in [-0.1, -0.05) is 5.10 Å². The molecule has 1 aliphatic rings. The van der Waals surface area contributed by atoms with Gasteiger partial charge in [0.25, 0.3) is 0 Å². The van der Waals surface area contributed by atoms with Gasteiger partial charge in [0.15, 0.2) is 0 Å². The Balaban J connectivity index is 1.88. The molecule has 0 amide bonds. The smallest absolute Gasteiger partial charge is 0.315 e. The number of rotatable bonds is 4. The maximum Gasteiger partial charge on any atom is 0.315 e. The zero-order valence-corrected chi connectivity index (χ0v) is 7.90. The maximum atomic E-state index is 5.37. The molecule has 14 heavy (non-hydrogen) atoms. The lowest BCUT2D eigenvalue weighted by molar-refractivity contribution is 0.195. The highest BCUT2D eigenvalue weighted by Crippen LogP contribution is 2.12. The van der Waals surface area contributed by atoms with Crippen molar-refractivity contribution in [1.82, 2.24) is 10.2 Å². The SMILES string of the molecule is NCCc1nnc(NC2CCOC2)o1. The quantitative estimate of drug-likeness (QED) is 0.695. The summed E-state index contributed by atoms with van der Waals surface area (Å²) in [6.45, 7) is 2.02. The van der Waals surface area contributed by atoms with Crippen LogP contribution in [-0.2, 0) is 11.2 Å². The fraction of sp³-hybridized carbons (Fsp3) is 0.750. The van der Waals surface area contributed by atoms with Crippen molar-refractivity contribution in [2.75, 3.05) is 25.1 Å². The third-order valence-corrected chi connectivity index (χ3v) is 2.08. The number of nitrogens with zero attached hydrogens (tertiary/aromatic N) is 2. The van der Waals surface area contributed by atoms with Crippen LogP contribution in [0.5, 0.6) is 0 Å². The lowest BCUT2D eigenvalue weighted by Crippen LogP contribution is -2.18. The molecule has 1 fully saturated rings. The van der Waals surface area contributed by atoms with E-state index >= 15 is 0 Å². The van der Waals surface area contributed by atoms with Crippen LogP contribution < -0.4 is 11.1 Å². The predicted octanol–water partition coefficient (Wildman–Crippen LogP) is -0.228. The number of aromatic nitrogens is 2. The molecule has 0 aromatic carbocycles. The van der Waals surface area contributed by atoms with Gasteiger partial charge in [0.05, 0.1) is 12.6 Å². The van der Waals surface area contributed by atoms with Gasteiger partial charge in [-0.25, -0.2) is 0 Å². The van der Waals surface area contributed by atoms with E-state index in [1.807, 2.05) is 0 Å². The average Bonchev–Trinajstić information content (AvgIpc) is 2.79. The second-order valence-corrected chi connectivity index (χ2v) is 3.24. The summed E-state index contributed by atoms with van der Waals surface area (Å²) in [6, 6.07) is 0.755. The first-order valence-electron chi connectivity index (χ1n) is 4.75. The van der Waals surface area contributed by atoms with Crippen LogP contribution in [0, 0.1) is 0 Å². The van der Waals surface area contributed by atoms with Crippen molar-refractivity contribution in [2.24, 2.45) is 5.73 Å². The summed E-state index contributed by atoms with van der Waals surface area (Å²) >= 11 is 0. The van der Waals surface area contributed by atoms with Crippen LogP contribution >= 0.6 is 0 Å². The van der Waals surface area contributed by atoms with E-state index in [9.17, 15) is 0 Å². The molecule has 1 unspecified atom stereocenters. The van der Waals surface area contributed by atoms with E-state index in [1.54, 1.807) is 0 Å². The lowest BCUT2D eigenvalue weighted by atomic mass is 10.3. The standard InChI is InChI=1S/C8H14N4O2/c9-3-1-7-11-12-8(14-7)10-6-2-4-13-5-6/h6H,1-5,9H2,(H,10,12). The van der Waals surface area contributed by atoms with E-state index in [1.165, 1.54) is 0 Å². The van der Waals surface area contributed by atoms with Crippen molar-refractivity contribution in [3.8, 4) is 0 Å². The molecule has 6 heteroatoms. The number of ether oxygens (including phenoxy) is 1. The van der Waals surface area contributed by atoms with Crippen molar-refractivity contribution < 1.29 is 9.15 Å². The van der Waals surface area contributed by atoms with Crippen LogP contribution in [0.1, 0.15) is 12.3 Å². The van der Waals surface area contributed by atoms with Crippen LogP contribution in [0.4, 0.5) is 6.01 Å². The first-order valence-corrected chi connectivity index (χ1v) is 4.75. The van der Waals surface area contributed by atoms with Gasteiger partial charge in [-0.3, -0.25) is 0 Å². The second kappa shape index (κ2) is 4.39. The summed E-state index contributed by atoms with van der Waals surface area (Å²) in [7, 11) is 0. The van der Waals surface area contributed by atoms with Crippen molar-refractivity contribution in [3.63, 3.8) is 0 Å². The number of hydrogen-bond donors (Lipinski definition) is 2. The van der Waals surface area contributed by atoms with Gasteiger partial charge >= 0.3 is 6.01 Å². The fourth-order valence-electron chi connectivity index (χ4n) is 1.36. The van der Waals surface area contributed by atoms with E-state index in [0.29, 0.717) is 37.5 Å². The van der Waals surface area contributed by atoms with E-state index in [4.69, 9.17) is 14.9 Å². The number of nitrogens with two attached hydrogens (primary N) is 1. The predicted molar refractivity (Wildman–Crippen MR) is 49.9 cm³/mol. The highest BCUT2D eigenvalue weighted by atomic mass is 16.5. The highest BCUT2D eigenvalue weighted by Gasteiger charge is 2.17. The van der Waals surface area contributed by atoms with E-state index in [2.05, 4.69) is 15.5 Å². The topological polar surface area (TPSA) is 86.2 Å². The molecule has 6 nitrogen and oxygen atoms in total. The minimum atomic E-state index is 0.293. The van der Waals surface area contributed by atoms with Crippen molar-refractivity contribution in [2.45, 2.75) is 18.9 Å². The second-order valence-electron chi connectivity index (χ2n) is 3.24. The summed E-state index contributed by atoms with van der Waals surface area (Å²) in [5.74, 6) is 0.578. The normalized spacial score (nSPS) is 21.4. The molecule has 78 valence electrons. The van der Waals surface area contributed by atoms with Gasteiger partial charge in [-0.15, -0.1) is 5.10 Å². The Bertz CT molecular complexity index is 283. The Labute approximate surface area is 81.8 Å². The van der Waals surface area contributed by atoms with Gasteiger partial charge < -0.3 is 20.2 Å². The number of anilines is 1. The third kappa shape index (κ3) is 2.21. The molecule has 2 heterocycles. The van der Waals surface area contributed by atoms with E-state index < -0.39 is 0 Å². The molecule has 0 saturated carbocycles. The van der Waals surface area contributed by atoms with Crippen LogP contribution in [-0.4, -0.2) is 36.0 Å². The molecule has 1 aromatic heterocycles. The van der Waals surface area contributed by atoms with Gasteiger partial charge in [0, 0.05) is 19.6 Å². The van der Waals surface area contributed by atoms with Crippen LogP contribution in [0.2, 0.25) is 0 Å².